The largest absolute Gasteiger partial charge is 0.342 e. The molecule has 144 valence electrons. The van der Waals surface area contributed by atoms with Crippen molar-refractivity contribution in [3.8, 4) is 0 Å². The highest BCUT2D eigenvalue weighted by molar-refractivity contribution is 6.30. The van der Waals surface area contributed by atoms with Gasteiger partial charge in [0.05, 0.1) is 0 Å². The lowest BCUT2D eigenvalue weighted by atomic mass is 10.1. The summed E-state index contributed by atoms with van der Waals surface area (Å²) < 4.78 is 0. The van der Waals surface area contributed by atoms with Crippen LogP contribution in [0.1, 0.15) is 31.4 Å². The van der Waals surface area contributed by atoms with E-state index in [0.717, 1.165) is 17.5 Å². The number of halogens is 1. The highest BCUT2D eigenvalue weighted by Gasteiger charge is 2.15. The van der Waals surface area contributed by atoms with E-state index < -0.39 is 0 Å². The number of nitrogens with zero attached hydrogens (tertiary/aromatic N) is 2. The molecule has 0 unspecified atom stereocenters. The molecule has 4 nitrogen and oxygen atoms in total. The van der Waals surface area contributed by atoms with Gasteiger partial charge in [-0.25, -0.2) is 0 Å². The number of amides is 2. The van der Waals surface area contributed by atoms with Gasteiger partial charge >= 0.3 is 0 Å². The maximum atomic E-state index is 12.6. The van der Waals surface area contributed by atoms with Crippen LogP contribution in [0.5, 0.6) is 0 Å². The third-order valence-electron chi connectivity index (χ3n) is 4.58. The van der Waals surface area contributed by atoms with E-state index in [2.05, 4.69) is 0 Å². The van der Waals surface area contributed by atoms with Crippen molar-refractivity contribution < 1.29 is 9.59 Å². The molecule has 2 aromatic rings. The molecule has 0 radical (unpaired) electrons. The first kappa shape index (κ1) is 21.0. The number of carbonyl (C=O) groups excluding carboxylic acids is 2. The summed E-state index contributed by atoms with van der Waals surface area (Å²) in [5.74, 6) is 0.0574. The minimum Gasteiger partial charge on any atom is -0.342 e. The monoisotopic (exact) mass is 386 g/mol. The van der Waals surface area contributed by atoms with E-state index in [1.807, 2.05) is 66.4 Å². The summed E-state index contributed by atoms with van der Waals surface area (Å²) in [7, 11) is 0. The number of rotatable bonds is 9. The van der Waals surface area contributed by atoms with Crippen molar-refractivity contribution in [3.63, 3.8) is 0 Å². The standard InChI is InChI=1S/C22H27ClN2O2/c1-3-24(17-20-7-5-4-6-8-20)22(27)14-16-25(18(2)26)15-13-19-9-11-21(23)12-10-19/h4-12H,3,13-17H2,1-2H3. The van der Waals surface area contributed by atoms with Crippen molar-refractivity contribution in [2.24, 2.45) is 0 Å². The Morgan fingerprint density at radius 3 is 2.15 bits per heavy atom. The van der Waals surface area contributed by atoms with Crippen LogP contribution in [-0.2, 0) is 22.6 Å². The van der Waals surface area contributed by atoms with Crippen molar-refractivity contribution >= 4 is 23.4 Å². The normalized spacial score (nSPS) is 10.5. The van der Waals surface area contributed by atoms with Crippen LogP contribution in [0.2, 0.25) is 5.02 Å². The number of hydrogen-bond acceptors (Lipinski definition) is 2. The van der Waals surface area contributed by atoms with Crippen LogP contribution in [0.15, 0.2) is 54.6 Å². The third-order valence-corrected chi connectivity index (χ3v) is 4.83. The first-order valence-electron chi connectivity index (χ1n) is 9.31. The number of hydrogen-bond donors (Lipinski definition) is 0. The van der Waals surface area contributed by atoms with Crippen LogP contribution < -0.4 is 0 Å². The van der Waals surface area contributed by atoms with E-state index in [9.17, 15) is 9.59 Å². The first-order valence-corrected chi connectivity index (χ1v) is 9.69. The molecule has 0 aliphatic rings. The second-order valence-electron chi connectivity index (χ2n) is 6.53. The molecule has 0 N–H and O–H groups in total. The van der Waals surface area contributed by atoms with E-state index in [4.69, 9.17) is 11.6 Å². The van der Waals surface area contributed by atoms with Crippen molar-refractivity contribution in [1.82, 2.24) is 9.80 Å². The van der Waals surface area contributed by atoms with Crippen LogP contribution in [0.25, 0.3) is 0 Å². The lowest BCUT2D eigenvalue weighted by molar-refractivity contribution is -0.133. The summed E-state index contributed by atoms with van der Waals surface area (Å²) in [6.07, 6.45) is 1.08. The fraction of sp³-hybridized carbons (Fsp3) is 0.364. The maximum Gasteiger partial charge on any atom is 0.224 e. The molecule has 0 bridgehead atoms. The Morgan fingerprint density at radius 2 is 1.56 bits per heavy atom. The third kappa shape index (κ3) is 7.06. The Kier molecular flexibility index (Phi) is 8.34. The van der Waals surface area contributed by atoms with Crippen LogP contribution in [0, 0.1) is 0 Å². The van der Waals surface area contributed by atoms with Crippen LogP contribution >= 0.6 is 11.6 Å². The number of benzene rings is 2. The molecule has 0 heterocycles. The predicted octanol–water partition coefficient (Wildman–Crippen LogP) is 4.17. The molecule has 2 amide bonds. The second-order valence-corrected chi connectivity index (χ2v) is 6.96. The Bertz CT molecular complexity index is 732. The van der Waals surface area contributed by atoms with Gasteiger partial charge in [0.2, 0.25) is 11.8 Å². The molecular formula is C22H27ClN2O2. The summed E-state index contributed by atoms with van der Waals surface area (Å²) in [6.45, 7) is 5.81. The minimum atomic E-state index is -0.0112. The molecule has 0 spiro atoms. The predicted molar refractivity (Wildman–Crippen MR) is 110 cm³/mol. The summed E-state index contributed by atoms with van der Waals surface area (Å²) in [4.78, 5) is 28.1. The van der Waals surface area contributed by atoms with Crippen LogP contribution in [-0.4, -0.2) is 41.2 Å². The lowest BCUT2D eigenvalue weighted by Gasteiger charge is -2.25. The molecule has 2 rings (SSSR count). The molecular weight excluding hydrogens is 360 g/mol. The molecule has 27 heavy (non-hydrogen) atoms. The highest BCUT2D eigenvalue weighted by atomic mass is 35.5. The number of carbonyl (C=O) groups is 2. The van der Waals surface area contributed by atoms with Gasteiger partial charge in [0.25, 0.3) is 0 Å². The van der Waals surface area contributed by atoms with E-state index in [-0.39, 0.29) is 11.8 Å². The molecule has 0 aliphatic heterocycles. The molecule has 5 heteroatoms. The van der Waals surface area contributed by atoms with Crippen molar-refractivity contribution in [2.75, 3.05) is 19.6 Å². The van der Waals surface area contributed by atoms with Gasteiger partial charge in [-0.3, -0.25) is 9.59 Å². The molecule has 0 aromatic heterocycles. The minimum absolute atomic E-state index is 0.0112. The Hall–Kier alpha value is -2.33. The quantitative estimate of drug-likeness (QED) is 0.649. The van der Waals surface area contributed by atoms with Gasteiger partial charge in [0.1, 0.15) is 0 Å². The van der Waals surface area contributed by atoms with Crippen molar-refractivity contribution in [2.45, 2.75) is 33.2 Å². The smallest absolute Gasteiger partial charge is 0.224 e. The average Bonchev–Trinajstić information content (AvgIpc) is 2.67. The molecule has 2 aromatic carbocycles. The van der Waals surface area contributed by atoms with Crippen molar-refractivity contribution in [3.05, 3.63) is 70.7 Å². The maximum absolute atomic E-state index is 12.6. The summed E-state index contributed by atoms with van der Waals surface area (Å²) in [6, 6.07) is 17.6. The topological polar surface area (TPSA) is 40.6 Å². The van der Waals surface area contributed by atoms with Gasteiger partial charge in [0.15, 0.2) is 0 Å². The SMILES string of the molecule is CCN(Cc1ccccc1)C(=O)CCN(CCc1ccc(Cl)cc1)C(C)=O. The van der Waals surface area contributed by atoms with Crippen molar-refractivity contribution in [1.29, 1.82) is 0 Å². The molecule has 0 aliphatic carbocycles. The molecule has 0 saturated heterocycles. The Balaban J connectivity index is 1.86. The zero-order valence-corrected chi connectivity index (χ0v) is 16.8. The van der Waals surface area contributed by atoms with E-state index in [1.54, 1.807) is 11.8 Å². The van der Waals surface area contributed by atoms with E-state index >= 15 is 0 Å². The molecule has 0 atom stereocenters. The summed E-state index contributed by atoms with van der Waals surface area (Å²) in [5, 5.41) is 0.700. The zero-order chi connectivity index (χ0) is 19.6. The average molecular weight is 387 g/mol. The van der Waals surface area contributed by atoms with Gasteiger partial charge < -0.3 is 9.80 Å². The Morgan fingerprint density at radius 1 is 0.889 bits per heavy atom. The second kappa shape index (κ2) is 10.7. The van der Waals surface area contributed by atoms with Gasteiger partial charge in [-0.2, -0.15) is 0 Å². The van der Waals surface area contributed by atoms with Gasteiger partial charge in [-0.1, -0.05) is 54.1 Å². The first-order chi connectivity index (χ1) is 13.0. The summed E-state index contributed by atoms with van der Waals surface area (Å²) in [5.41, 5.74) is 2.23. The Labute approximate surface area is 166 Å². The lowest BCUT2D eigenvalue weighted by Crippen LogP contribution is -2.37. The zero-order valence-electron chi connectivity index (χ0n) is 16.0. The fourth-order valence-corrected chi connectivity index (χ4v) is 3.04. The van der Waals surface area contributed by atoms with Gasteiger partial charge in [-0.05, 0) is 36.6 Å². The molecule has 0 fully saturated rings. The summed E-state index contributed by atoms with van der Waals surface area (Å²) >= 11 is 5.90. The van der Waals surface area contributed by atoms with Gasteiger partial charge in [0, 0.05) is 44.5 Å². The van der Waals surface area contributed by atoms with Gasteiger partial charge in [-0.15, -0.1) is 0 Å². The van der Waals surface area contributed by atoms with Crippen LogP contribution in [0.3, 0.4) is 0 Å². The van der Waals surface area contributed by atoms with Crippen LogP contribution in [0.4, 0.5) is 0 Å². The highest BCUT2D eigenvalue weighted by Crippen LogP contribution is 2.11. The molecule has 0 saturated carbocycles. The fourth-order valence-electron chi connectivity index (χ4n) is 2.91. The van der Waals surface area contributed by atoms with E-state index in [0.29, 0.717) is 37.6 Å². The van der Waals surface area contributed by atoms with E-state index in [1.165, 1.54) is 0 Å².